The average Bonchev–Trinajstić information content (AvgIpc) is 2.52. The SMILES string of the molecule is CCCCCCCCNC(N)=NCc1ccc(OC)nc1.I. The van der Waals surface area contributed by atoms with Crippen LogP contribution in [0.15, 0.2) is 23.3 Å². The molecule has 1 rings (SSSR count). The molecule has 3 N–H and O–H groups in total. The van der Waals surface area contributed by atoms with Gasteiger partial charge in [0.15, 0.2) is 5.96 Å². The third kappa shape index (κ3) is 9.81. The Labute approximate surface area is 151 Å². The van der Waals surface area contributed by atoms with Crippen LogP contribution in [-0.2, 0) is 6.54 Å². The van der Waals surface area contributed by atoms with Gasteiger partial charge in [0.2, 0.25) is 5.88 Å². The Morgan fingerprint density at radius 2 is 1.95 bits per heavy atom. The second-order valence-corrected chi connectivity index (χ2v) is 5.10. The Hall–Kier alpha value is -1.05. The number of halogens is 1. The van der Waals surface area contributed by atoms with E-state index in [2.05, 4.69) is 22.2 Å². The van der Waals surface area contributed by atoms with E-state index in [-0.39, 0.29) is 24.0 Å². The highest BCUT2D eigenvalue weighted by Gasteiger charge is 1.96. The molecule has 0 amide bonds. The molecular weight excluding hydrogens is 391 g/mol. The molecule has 0 aromatic carbocycles. The lowest BCUT2D eigenvalue weighted by Crippen LogP contribution is -2.32. The smallest absolute Gasteiger partial charge is 0.212 e. The van der Waals surface area contributed by atoms with Crippen molar-refractivity contribution in [3.05, 3.63) is 23.9 Å². The lowest BCUT2D eigenvalue weighted by Gasteiger charge is -2.06. The molecule has 5 nitrogen and oxygen atoms in total. The summed E-state index contributed by atoms with van der Waals surface area (Å²) in [5, 5.41) is 3.15. The zero-order chi connectivity index (χ0) is 15.3. The molecular formula is C16H29IN4O. The number of nitrogens with two attached hydrogens (primary N) is 1. The fourth-order valence-electron chi connectivity index (χ4n) is 1.98. The quantitative estimate of drug-likeness (QED) is 0.263. The number of unbranched alkanes of at least 4 members (excludes halogenated alkanes) is 5. The fraction of sp³-hybridized carbons (Fsp3) is 0.625. The molecule has 0 saturated carbocycles. The van der Waals surface area contributed by atoms with Gasteiger partial charge in [-0.25, -0.2) is 9.98 Å². The number of guanidine groups is 1. The highest BCUT2D eigenvalue weighted by atomic mass is 127. The van der Waals surface area contributed by atoms with Crippen LogP contribution in [0.2, 0.25) is 0 Å². The molecule has 0 bridgehead atoms. The highest BCUT2D eigenvalue weighted by Crippen LogP contribution is 2.07. The van der Waals surface area contributed by atoms with E-state index in [1.54, 1.807) is 13.3 Å². The lowest BCUT2D eigenvalue weighted by atomic mass is 10.1. The van der Waals surface area contributed by atoms with Gasteiger partial charge in [-0.05, 0) is 12.0 Å². The number of pyridine rings is 1. The lowest BCUT2D eigenvalue weighted by molar-refractivity contribution is 0.397. The zero-order valence-electron chi connectivity index (χ0n) is 13.7. The van der Waals surface area contributed by atoms with Crippen LogP contribution in [0.1, 0.15) is 51.0 Å². The zero-order valence-corrected chi connectivity index (χ0v) is 16.0. The number of nitrogens with one attached hydrogen (secondary N) is 1. The molecule has 0 atom stereocenters. The maximum Gasteiger partial charge on any atom is 0.212 e. The van der Waals surface area contributed by atoms with Crippen molar-refractivity contribution in [2.45, 2.75) is 52.0 Å². The van der Waals surface area contributed by atoms with Gasteiger partial charge in [-0.1, -0.05) is 45.1 Å². The van der Waals surface area contributed by atoms with E-state index in [4.69, 9.17) is 10.5 Å². The number of aliphatic imine (C=N–C) groups is 1. The van der Waals surface area contributed by atoms with Crippen LogP contribution >= 0.6 is 24.0 Å². The van der Waals surface area contributed by atoms with Gasteiger partial charge in [0, 0.05) is 18.8 Å². The van der Waals surface area contributed by atoms with Crippen LogP contribution in [-0.4, -0.2) is 24.6 Å². The normalized spacial score (nSPS) is 10.9. The standard InChI is InChI=1S/C16H28N4O.HI/c1-3-4-5-6-7-8-11-18-16(17)20-13-14-9-10-15(21-2)19-12-14;/h9-10,12H,3-8,11,13H2,1-2H3,(H3,17,18,20);1H. The van der Waals surface area contributed by atoms with Gasteiger partial charge in [-0.2, -0.15) is 0 Å². The summed E-state index contributed by atoms with van der Waals surface area (Å²) in [7, 11) is 1.60. The molecule has 0 unspecified atom stereocenters. The molecule has 0 spiro atoms. The summed E-state index contributed by atoms with van der Waals surface area (Å²) in [6, 6.07) is 3.76. The molecule has 0 radical (unpaired) electrons. The first kappa shape index (κ1) is 20.9. The molecule has 1 heterocycles. The maximum absolute atomic E-state index is 5.83. The largest absolute Gasteiger partial charge is 0.481 e. The summed E-state index contributed by atoms with van der Waals surface area (Å²) in [5.74, 6) is 1.11. The third-order valence-corrected chi connectivity index (χ3v) is 3.28. The molecule has 1 aromatic rings. The van der Waals surface area contributed by atoms with E-state index >= 15 is 0 Å². The summed E-state index contributed by atoms with van der Waals surface area (Å²) in [6.45, 7) is 3.66. The molecule has 0 aliphatic rings. The molecule has 6 heteroatoms. The number of ether oxygens (including phenoxy) is 1. The van der Waals surface area contributed by atoms with Crippen molar-refractivity contribution in [1.29, 1.82) is 0 Å². The summed E-state index contributed by atoms with van der Waals surface area (Å²) < 4.78 is 5.01. The van der Waals surface area contributed by atoms with Crippen LogP contribution in [0.5, 0.6) is 5.88 Å². The number of aromatic nitrogens is 1. The minimum Gasteiger partial charge on any atom is -0.481 e. The molecule has 0 fully saturated rings. The number of hydrogen-bond donors (Lipinski definition) is 2. The number of hydrogen-bond acceptors (Lipinski definition) is 3. The second-order valence-electron chi connectivity index (χ2n) is 5.10. The monoisotopic (exact) mass is 420 g/mol. The van der Waals surface area contributed by atoms with Crippen molar-refractivity contribution in [3.8, 4) is 5.88 Å². The summed E-state index contributed by atoms with van der Waals surface area (Å²) in [4.78, 5) is 8.43. The van der Waals surface area contributed by atoms with Gasteiger partial charge in [0.25, 0.3) is 0 Å². The highest BCUT2D eigenvalue weighted by molar-refractivity contribution is 14.0. The van der Waals surface area contributed by atoms with E-state index < -0.39 is 0 Å². The molecule has 126 valence electrons. The van der Waals surface area contributed by atoms with Crippen molar-refractivity contribution in [2.75, 3.05) is 13.7 Å². The Morgan fingerprint density at radius 3 is 2.59 bits per heavy atom. The van der Waals surface area contributed by atoms with E-state index in [0.29, 0.717) is 18.4 Å². The Bertz CT molecular complexity index is 409. The van der Waals surface area contributed by atoms with Gasteiger partial charge < -0.3 is 15.8 Å². The van der Waals surface area contributed by atoms with Gasteiger partial charge in [-0.3, -0.25) is 0 Å². The third-order valence-electron chi connectivity index (χ3n) is 3.28. The Balaban J connectivity index is 0.00000441. The van der Waals surface area contributed by atoms with Crippen molar-refractivity contribution < 1.29 is 4.74 Å². The number of methoxy groups -OCH3 is 1. The predicted molar refractivity (Wildman–Crippen MR) is 103 cm³/mol. The van der Waals surface area contributed by atoms with E-state index in [1.807, 2.05) is 12.1 Å². The molecule has 0 aliphatic carbocycles. The van der Waals surface area contributed by atoms with Gasteiger partial charge in [-0.15, -0.1) is 24.0 Å². The van der Waals surface area contributed by atoms with Crippen molar-refractivity contribution in [1.82, 2.24) is 10.3 Å². The first-order valence-corrected chi connectivity index (χ1v) is 7.79. The van der Waals surface area contributed by atoms with Gasteiger partial charge in [0.1, 0.15) is 0 Å². The van der Waals surface area contributed by atoms with Crippen LogP contribution < -0.4 is 15.8 Å². The minimum absolute atomic E-state index is 0. The number of nitrogens with zero attached hydrogens (tertiary/aromatic N) is 2. The van der Waals surface area contributed by atoms with Crippen LogP contribution in [0.4, 0.5) is 0 Å². The molecule has 22 heavy (non-hydrogen) atoms. The van der Waals surface area contributed by atoms with Crippen LogP contribution in [0.25, 0.3) is 0 Å². The fourth-order valence-corrected chi connectivity index (χ4v) is 1.98. The topological polar surface area (TPSA) is 72.5 Å². The van der Waals surface area contributed by atoms with Crippen molar-refractivity contribution in [3.63, 3.8) is 0 Å². The minimum atomic E-state index is 0. The van der Waals surface area contributed by atoms with E-state index in [1.165, 1.54) is 32.1 Å². The maximum atomic E-state index is 5.83. The molecule has 0 aliphatic heterocycles. The predicted octanol–water partition coefficient (Wildman–Crippen LogP) is 3.47. The van der Waals surface area contributed by atoms with Gasteiger partial charge >= 0.3 is 0 Å². The first-order valence-electron chi connectivity index (χ1n) is 7.79. The number of rotatable bonds is 10. The van der Waals surface area contributed by atoms with Gasteiger partial charge in [0.05, 0.1) is 13.7 Å². The second kappa shape index (κ2) is 13.6. The van der Waals surface area contributed by atoms with Crippen molar-refractivity contribution >= 4 is 29.9 Å². The summed E-state index contributed by atoms with van der Waals surface area (Å²) >= 11 is 0. The van der Waals surface area contributed by atoms with E-state index in [9.17, 15) is 0 Å². The van der Waals surface area contributed by atoms with E-state index in [0.717, 1.165) is 18.5 Å². The van der Waals surface area contributed by atoms with Crippen LogP contribution in [0, 0.1) is 0 Å². The Morgan fingerprint density at radius 1 is 1.23 bits per heavy atom. The summed E-state index contributed by atoms with van der Waals surface area (Å²) in [6.07, 6.45) is 9.43. The molecule has 1 aromatic heterocycles. The average molecular weight is 420 g/mol. The first-order chi connectivity index (χ1) is 10.3. The van der Waals surface area contributed by atoms with Crippen LogP contribution in [0.3, 0.4) is 0 Å². The van der Waals surface area contributed by atoms with Crippen molar-refractivity contribution in [2.24, 2.45) is 10.7 Å². The molecule has 0 saturated heterocycles. The Kier molecular flexibility index (Phi) is 13.0. The summed E-state index contributed by atoms with van der Waals surface area (Å²) in [5.41, 5.74) is 6.85.